The fourth-order valence-electron chi connectivity index (χ4n) is 3.32. The van der Waals surface area contributed by atoms with E-state index in [2.05, 4.69) is 55.2 Å². The first-order valence-corrected chi connectivity index (χ1v) is 8.84. The average Bonchev–Trinajstić information content (AvgIpc) is 2.46. The Bertz CT molecular complexity index is 391. The molecule has 1 aromatic carbocycles. The van der Waals surface area contributed by atoms with Crippen LogP contribution in [0.2, 0.25) is 0 Å². The highest BCUT2D eigenvalue weighted by atomic mass is 32.2. The van der Waals surface area contributed by atoms with Gasteiger partial charge in [-0.15, -0.1) is 0 Å². The third-order valence-electron chi connectivity index (χ3n) is 4.33. The molecular weight excluding hydrogens is 250 g/mol. The van der Waals surface area contributed by atoms with Crippen LogP contribution in [0.3, 0.4) is 0 Å². The standard InChI is InChI=1S/C17H27NS/c1-3-18-14-17(12-13-19-4-2)11-7-9-15-8-5-6-10-16(15)17/h5-6,8,10,18H,3-4,7,9,11-14H2,1-2H3. The summed E-state index contributed by atoms with van der Waals surface area (Å²) < 4.78 is 0. The van der Waals surface area contributed by atoms with Gasteiger partial charge < -0.3 is 5.32 Å². The van der Waals surface area contributed by atoms with Gasteiger partial charge >= 0.3 is 0 Å². The molecule has 1 aromatic rings. The monoisotopic (exact) mass is 277 g/mol. The lowest BCUT2D eigenvalue weighted by Crippen LogP contribution is -2.41. The van der Waals surface area contributed by atoms with E-state index in [0.717, 1.165) is 13.1 Å². The Balaban J connectivity index is 2.22. The molecule has 0 saturated heterocycles. The maximum atomic E-state index is 3.62. The van der Waals surface area contributed by atoms with E-state index in [-0.39, 0.29) is 0 Å². The number of hydrogen-bond donors (Lipinski definition) is 1. The summed E-state index contributed by atoms with van der Waals surface area (Å²) in [5, 5.41) is 3.62. The third-order valence-corrected chi connectivity index (χ3v) is 5.23. The minimum atomic E-state index is 0.382. The first-order chi connectivity index (χ1) is 9.32. The van der Waals surface area contributed by atoms with Gasteiger partial charge in [-0.2, -0.15) is 11.8 Å². The lowest BCUT2D eigenvalue weighted by atomic mass is 9.68. The second kappa shape index (κ2) is 7.35. The van der Waals surface area contributed by atoms with Crippen molar-refractivity contribution >= 4 is 11.8 Å². The lowest BCUT2D eigenvalue weighted by Gasteiger charge is -2.40. The molecule has 19 heavy (non-hydrogen) atoms. The highest BCUT2D eigenvalue weighted by molar-refractivity contribution is 7.99. The highest BCUT2D eigenvalue weighted by Crippen LogP contribution is 2.40. The van der Waals surface area contributed by atoms with Crippen LogP contribution in [0.1, 0.15) is 44.2 Å². The molecule has 0 fully saturated rings. The molecule has 0 spiro atoms. The van der Waals surface area contributed by atoms with Gasteiger partial charge in [0, 0.05) is 12.0 Å². The van der Waals surface area contributed by atoms with Crippen LogP contribution in [-0.4, -0.2) is 24.6 Å². The summed E-state index contributed by atoms with van der Waals surface area (Å²) in [7, 11) is 0. The van der Waals surface area contributed by atoms with E-state index in [0.29, 0.717) is 5.41 Å². The Kier molecular flexibility index (Phi) is 5.77. The van der Waals surface area contributed by atoms with E-state index in [1.807, 2.05) is 0 Å². The lowest BCUT2D eigenvalue weighted by molar-refractivity contribution is 0.333. The number of rotatable bonds is 7. The van der Waals surface area contributed by atoms with Crippen molar-refractivity contribution in [1.29, 1.82) is 0 Å². The second-order valence-corrected chi connectivity index (χ2v) is 6.91. The molecule has 1 N–H and O–H groups in total. The average molecular weight is 277 g/mol. The van der Waals surface area contributed by atoms with E-state index >= 15 is 0 Å². The number of aryl methyl sites for hydroxylation is 1. The molecular formula is C17H27NS. The van der Waals surface area contributed by atoms with Gasteiger partial charge in [-0.1, -0.05) is 38.1 Å². The second-order valence-electron chi connectivity index (χ2n) is 5.52. The van der Waals surface area contributed by atoms with Gasteiger partial charge in [0.15, 0.2) is 0 Å². The zero-order valence-electron chi connectivity index (χ0n) is 12.4. The van der Waals surface area contributed by atoms with Crippen molar-refractivity contribution in [2.45, 2.75) is 44.9 Å². The van der Waals surface area contributed by atoms with Crippen molar-refractivity contribution in [3.63, 3.8) is 0 Å². The minimum absolute atomic E-state index is 0.382. The molecule has 2 rings (SSSR count). The van der Waals surface area contributed by atoms with Gasteiger partial charge in [0.25, 0.3) is 0 Å². The van der Waals surface area contributed by atoms with Crippen LogP contribution in [0.4, 0.5) is 0 Å². The Morgan fingerprint density at radius 1 is 1.26 bits per heavy atom. The fourth-order valence-corrected chi connectivity index (χ4v) is 4.14. The summed E-state index contributed by atoms with van der Waals surface area (Å²) in [6.45, 7) is 6.69. The smallest absolute Gasteiger partial charge is 0.00884 e. The molecule has 0 aliphatic heterocycles. The zero-order chi connectivity index (χ0) is 13.6. The number of thioether (sulfide) groups is 1. The Hall–Kier alpha value is -0.470. The molecule has 2 heteroatoms. The first-order valence-electron chi connectivity index (χ1n) is 7.69. The van der Waals surface area contributed by atoms with Crippen molar-refractivity contribution in [1.82, 2.24) is 5.32 Å². The zero-order valence-corrected chi connectivity index (χ0v) is 13.2. The number of likely N-dealkylation sites (N-methyl/N-ethyl adjacent to an activating group) is 1. The Labute approximate surface area is 122 Å². The van der Waals surface area contributed by atoms with Crippen LogP contribution in [0.5, 0.6) is 0 Å². The summed E-state index contributed by atoms with van der Waals surface area (Å²) in [6, 6.07) is 9.13. The van der Waals surface area contributed by atoms with Crippen LogP contribution in [0, 0.1) is 0 Å². The molecule has 1 unspecified atom stereocenters. The van der Waals surface area contributed by atoms with E-state index < -0.39 is 0 Å². The first kappa shape index (κ1) is 14.9. The number of benzene rings is 1. The SMILES string of the molecule is CCNCC1(CCSCC)CCCc2ccccc21. The maximum Gasteiger partial charge on any atom is 0.00884 e. The van der Waals surface area contributed by atoms with Gasteiger partial charge in [0.05, 0.1) is 0 Å². The predicted octanol–water partition coefficient (Wildman–Crippen LogP) is 4.01. The molecule has 1 nitrogen and oxygen atoms in total. The summed E-state index contributed by atoms with van der Waals surface area (Å²) in [5.41, 5.74) is 3.60. The van der Waals surface area contributed by atoms with Crippen molar-refractivity contribution in [2.24, 2.45) is 0 Å². The van der Waals surface area contributed by atoms with Crippen molar-refractivity contribution in [2.75, 3.05) is 24.6 Å². The van der Waals surface area contributed by atoms with E-state index in [4.69, 9.17) is 0 Å². The minimum Gasteiger partial charge on any atom is -0.316 e. The van der Waals surface area contributed by atoms with E-state index in [1.165, 1.54) is 37.2 Å². The van der Waals surface area contributed by atoms with Gasteiger partial charge in [-0.3, -0.25) is 0 Å². The Morgan fingerprint density at radius 2 is 2.11 bits per heavy atom. The normalized spacial score (nSPS) is 22.2. The predicted molar refractivity (Wildman–Crippen MR) is 87.2 cm³/mol. The summed E-state index contributed by atoms with van der Waals surface area (Å²) in [6.07, 6.45) is 5.28. The number of nitrogens with one attached hydrogen (secondary N) is 1. The van der Waals surface area contributed by atoms with Crippen molar-refractivity contribution in [3.8, 4) is 0 Å². The molecule has 0 heterocycles. The van der Waals surface area contributed by atoms with Crippen molar-refractivity contribution < 1.29 is 0 Å². The number of hydrogen-bond acceptors (Lipinski definition) is 2. The topological polar surface area (TPSA) is 12.0 Å². The van der Waals surface area contributed by atoms with Crippen LogP contribution < -0.4 is 5.32 Å². The Morgan fingerprint density at radius 3 is 2.89 bits per heavy atom. The van der Waals surface area contributed by atoms with Gasteiger partial charge in [-0.25, -0.2) is 0 Å². The van der Waals surface area contributed by atoms with Crippen LogP contribution in [-0.2, 0) is 11.8 Å². The largest absolute Gasteiger partial charge is 0.316 e. The van der Waals surface area contributed by atoms with E-state index in [9.17, 15) is 0 Å². The molecule has 1 aliphatic rings. The summed E-state index contributed by atoms with van der Waals surface area (Å²) in [4.78, 5) is 0. The molecule has 0 radical (unpaired) electrons. The molecule has 0 bridgehead atoms. The van der Waals surface area contributed by atoms with Gasteiger partial charge in [0.1, 0.15) is 0 Å². The number of fused-ring (bicyclic) bond motifs is 1. The van der Waals surface area contributed by atoms with E-state index in [1.54, 1.807) is 11.1 Å². The quantitative estimate of drug-likeness (QED) is 0.756. The highest BCUT2D eigenvalue weighted by Gasteiger charge is 2.35. The molecule has 0 aromatic heterocycles. The maximum absolute atomic E-state index is 3.62. The summed E-state index contributed by atoms with van der Waals surface area (Å²) >= 11 is 2.08. The summed E-state index contributed by atoms with van der Waals surface area (Å²) in [5.74, 6) is 2.52. The third kappa shape index (κ3) is 3.55. The van der Waals surface area contributed by atoms with Crippen LogP contribution >= 0.6 is 11.8 Å². The van der Waals surface area contributed by atoms with Crippen LogP contribution in [0.25, 0.3) is 0 Å². The molecule has 0 saturated carbocycles. The fraction of sp³-hybridized carbons (Fsp3) is 0.647. The van der Waals surface area contributed by atoms with Crippen molar-refractivity contribution in [3.05, 3.63) is 35.4 Å². The van der Waals surface area contributed by atoms with Gasteiger partial charge in [-0.05, 0) is 54.9 Å². The molecule has 1 atom stereocenters. The van der Waals surface area contributed by atoms with Crippen LogP contribution in [0.15, 0.2) is 24.3 Å². The molecule has 0 amide bonds. The molecule has 106 valence electrons. The van der Waals surface area contributed by atoms with Gasteiger partial charge in [0.2, 0.25) is 0 Å². The molecule has 1 aliphatic carbocycles.